The Morgan fingerprint density at radius 1 is 1.32 bits per heavy atom. The summed E-state index contributed by atoms with van der Waals surface area (Å²) < 4.78 is 31.8. The first-order valence-corrected chi connectivity index (χ1v) is 12.6. The molecular formula is C21H24N4O4S2. The molecule has 10 heteroatoms. The van der Waals surface area contributed by atoms with Gasteiger partial charge in [-0.1, -0.05) is 23.5 Å². The molecule has 0 spiro atoms. The highest BCUT2D eigenvalue weighted by molar-refractivity contribution is 7.88. The smallest absolute Gasteiger partial charge is 0.233 e. The molecule has 0 radical (unpaired) electrons. The van der Waals surface area contributed by atoms with Crippen molar-refractivity contribution in [2.24, 2.45) is 5.92 Å². The van der Waals surface area contributed by atoms with Gasteiger partial charge in [-0.3, -0.25) is 14.7 Å². The summed E-state index contributed by atoms with van der Waals surface area (Å²) >= 11 is 1.41. The van der Waals surface area contributed by atoms with Crippen LogP contribution in [0.5, 0.6) is 5.75 Å². The van der Waals surface area contributed by atoms with Gasteiger partial charge in [-0.05, 0) is 36.6 Å². The molecule has 8 nitrogen and oxygen atoms in total. The lowest BCUT2D eigenvalue weighted by atomic mass is 9.98. The molecule has 3 aromatic rings. The highest BCUT2D eigenvalue weighted by atomic mass is 32.2. The van der Waals surface area contributed by atoms with E-state index in [0.29, 0.717) is 42.3 Å². The van der Waals surface area contributed by atoms with Gasteiger partial charge in [0.05, 0.1) is 30.5 Å². The van der Waals surface area contributed by atoms with E-state index in [0.717, 1.165) is 10.3 Å². The van der Waals surface area contributed by atoms with E-state index >= 15 is 0 Å². The first-order valence-electron chi connectivity index (χ1n) is 9.96. The molecule has 0 saturated carbocycles. The van der Waals surface area contributed by atoms with Crippen LogP contribution in [0.2, 0.25) is 0 Å². The van der Waals surface area contributed by atoms with Crippen molar-refractivity contribution in [3.05, 3.63) is 48.3 Å². The molecule has 1 fully saturated rings. The van der Waals surface area contributed by atoms with Gasteiger partial charge in [-0.25, -0.2) is 17.7 Å². The van der Waals surface area contributed by atoms with E-state index in [-0.39, 0.29) is 12.5 Å². The van der Waals surface area contributed by atoms with E-state index in [1.807, 2.05) is 30.3 Å². The summed E-state index contributed by atoms with van der Waals surface area (Å²) in [6, 6.07) is 9.40. The minimum atomic E-state index is -3.35. The Kier molecular flexibility index (Phi) is 6.22. The van der Waals surface area contributed by atoms with Crippen molar-refractivity contribution in [2.75, 3.05) is 31.4 Å². The average Bonchev–Trinajstić information content (AvgIpc) is 3.21. The summed E-state index contributed by atoms with van der Waals surface area (Å²) in [4.78, 5) is 24.1. The number of para-hydroxylation sites is 1. The number of sulfonamides is 1. The van der Waals surface area contributed by atoms with Crippen molar-refractivity contribution >= 4 is 42.6 Å². The molecule has 1 aliphatic heterocycles. The molecule has 2 aromatic heterocycles. The van der Waals surface area contributed by atoms with Crippen LogP contribution in [0.1, 0.15) is 18.4 Å². The number of anilines is 1. The van der Waals surface area contributed by atoms with E-state index in [1.54, 1.807) is 24.4 Å². The maximum Gasteiger partial charge on any atom is 0.233 e. The number of carbonyl (C=O) groups excluding carboxylic acids is 1. The van der Waals surface area contributed by atoms with E-state index in [9.17, 15) is 13.2 Å². The van der Waals surface area contributed by atoms with E-state index in [1.165, 1.54) is 21.9 Å². The van der Waals surface area contributed by atoms with Crippen LogP contribution in [0.25, 0.3) is 10.2 Å². The van der Waals surface area contributed by atoms with Crippen molar-refractivity contribution in [2.45, 2.75) is 19.4 Å². The molecular weight excluding hydrogens is 436 g/mol. The second-order valence-corrected chi connectivity index (χ2v) is 10.5. The summed E-state index contributed by atoms with van der Waals surface area (Å²) in [7, 11) is -1.76. The van der Waals surface area contributed by atoms with Crippen LogP contribution < -0.4 is 9.64 Å². The third-order valence-corrected chi connectivity index (χ3v) is 7.67. The predicted octanol–water partition coefficient (Wildman–Crippen LogP) is 2.90. The molecule has 1 aromatic carbocycles. The first-order chi connectivity index (χ1) is 14.9. The van der Waals surface area contributed by atoms with Crippen LogP contribution in [0, 0.1) is 5.92 Å². The summed E-state index contributed by atoms with van der Waals surface area (Å²) in [5.41, 5.74) is 1.58. The van der Waals surface area contributed by atoms with Gasteiger partial charge in [0, 0.05) is 25.5 Å². The number of ether oxygens (including phenoxy) is 1. The normalized spacial score (nSPS) is 17.5. The number of carbonyl (C=O) groups is 1. The minimum Gasteiger partial charge on any atom is -0.494 e. The minimum absolute atomic E-state index is 0.129. The third-order valence-electron chi connectivity index (χ3n) is 5.35. The lowest BCUT2D eigenvalue weighted by Gasteiger charge is -2.33. The summed E-state index contributed by atoms with van der Waals surface area (Å²) in [5.74, 6) is 0.0963. The zero-order valence-corrected chi connectivity index (χ0v) is 19.0. The second-order valence-electron chi connectivity index (χ2n) is 7.55. The molecule has 0 N–H and O–H groups in total. The van der Waals surface area contributed by atoms with Gasteiger partial charge in [0.15, 0.2) is 5.13 Å². The number of pyridine rings is 1. The van der Waals surface area contributed by atoms with Crippen LogP contribution in [0.3, 0.4) is 0 Å². The molecule has 1 amide bonds. The highest BCUT2D eigenvalue weighted by Gasteiger charge is 2.34. The van der Waals surface area contributed by atoms with Crippen LogP contribution in [0.4, 0.5) is 5.13 Å². The topological polar surface area (TPSA) is 92.7 Å². The Morgan fingerprint density at radius 3 is 2.87 bits per heavy atom. The summed E-state index contributed by atoms with van der Waals surface area (Å²) in [5, 5.41) is 0.560. The Labute approximate surface area is 185 Å². The number of methoxy groups -OCH3 is 1. The Morgan fingerprint density at radius 2 is 2.16 bits per heavy atom. The molecule has 3 heterocycles. The molecule has 164 valence electrons. The molecule has 1 unspecified atom stereocenters. The van der Waals surface area contributed by atoms with Gasteiger partial charge in [-0.2, -0.15) is 0 Å². The van der Waals surface area contributed by atoms with E-state index in [2.05, 4.69) is 4.98 Å². The quantitative estimate of drug-likeness (QED) is 0.562. The van der Waals surface area contributed by atoms with Gasteiger partial charge in [0.1, 0.15) is 11.3 Å². The number of rotatable bonds is 6. The Hall–Kier alpha value is -2.56. The number of aromatic nitrogens is 2. The number of benzene rings is 1. The highest BCUT2D eigenvalue weighted by Crippen LogP contribution is 2.36. The SMILES string of the molecule is COc1cccc2sc(N(Cc3cccnc3)C(=O)C3CCCN(S(C)(=O)=O)C3)nc12. The van der Waals surface area contributed by atoms with Crippen LogP contribution in [-0.2, 0) is 21.4 Å². The molecule has 1 saturated heterocycles. The number of amides is 1. The van der Waals surface area contributed by atoms with Crippen LogP contribution >= 0.6 is 11.3 Å². The first kappa shape index (κ1) is 21.7. The Bertz CT molecular complexity index is 1180. The van der Waals surface area contributed by atoms with E-state index in [4.69, 9.17) is 9.72 Å². The van der Waals surface area contributed by atoms with Gasteiger partial charge < -0.3 is 4.74 Å². The lowest BCUT2D eigenvalue weighted by molar-refractivity contribution is -0.123. The lowest BCUT2D eigenvalue weighted by Crippen LogP contribution is -2.46. The third kappa shape index (κ3) is 4.70. The zero-order chi connectivity index (χ0) is 22.0. The van der Waals surface area contributed by atoms with Crippen molar-refractivity contribution in [3.63, 3.8) is 0 Å². The number of piperidine rings is 1. The zero-order valence-electron chi connectivity index (χ0n) is 17.4. The monoisotopic (exact) mass is 460 g/mol. The van der Waals surface area contributed by atoms with Gasteiger partial charge >= 0.3 is 0 Å². The number of thiazole rings is 1. The maximum atomic E-state index is 13.6. The fraction of sp³-hybridized carbons (Fsp3) is 0.381. The summed E-state index contributed by atoms with van der Waals surface area (Å²) in [6.07, 6.45) is 5.88. The predicted molar refractivity (Wildman–Crippen MR) is 121 cm³/mol. The summed E-state index contributed by atoms with van der Waals surface area (Å²) in [6.45, 7) is 0.948. The van der Waals surface area contributed by atoms with Crippen molar-refractivity contribution in [1.82, 2.24) is 14.3 Å². The molecule has 1 atom stereocenters. The van der Waals surface area contributed by atoms with Crippen LogP contribution in [-0.4, -0.2) is 55.1 Å². The Balaban J connectivity index is 1.70. The largest absolute Gasteiger partial charge is 0.494 e. The average molecular weight is 461 g/mol. The van der Waals surface area contributed by atoms with Crippen molar-refractivity contribution in [3.8, 4) is 5.75 Å². The number of nitrogens with zero attached hydrogens (tertiary/aromatic N) is 4. The fourth-order valence-corrected chi connectivity index (χ4v) is 5.67. The fourth-order valence-electron chi connectivity index (χ4n) is 3.77. The number of hydrogen-bond donors (Lipinski definition) is 0. The maximum absolute atomic E-state index is 13.6. The van der Waals surface area contributed by atoms with Gasteiger partial charge in [0.25, 0.3) is 0 Å². The van der Waals surface area contributed by atoms with Crippen molar-refractivity contribution < 1.29 is 17.9 Å². The second kappa shape index (κ2) is 8.89. The van der Waals surface area contributed by atoms with E-state index < -0.39 is 15.9 Å². The molecule has 4 rings (SSSR count). The van der Waals surface area contributed by atoms with Crippen LogP contribution in [0.15, 0.2) is 42.7 Å². The number of hydrogen-bond acceptors (Lipinski definition) is 7. The van der Waals surface area contributed by atoms with Gasteiger partial charge in [-0.15, -0.1) is 0 Å². The molecule has 1 aliphatic rings. The molecule has 0 bridgehead atoms. The number of fused-ring (bicyclic) bond motifs is 1. The van der Waals surface area contributed by atoms with Gasteiger partial charge in [0.2, 0.25) is 15.9 Å². The standard InChI is InChI=1S/C21H24N4O4S2/c1-29-17-8-3-9-18-19(17)23-21(30-18)25(13-15-6-4-10-22-12-15)20(26)16-7-5-11-24(14-16)31(2,27)28/h3-4,6,8-10,12,16H,5,7,11,13-14H2,1-2H3. The molecule has 0 aliphatic carbocycles. The van der Waals surface area contributed by atoms with Crippen molar-refractivity contribution in [1.29, 1.82) is 0 Å². The molecule has 31 heavy (non-hydrogen) atoms.